The lowest BCUT2D eigenvalue weighted by Gasteiger charge is -1.95. The normalized spacial score (nSPS) is 10.4. The van der Waals surface area contributed by atoms with Crippen LogP contribution in [0.1, 0.15) is 5.69 Å². The standard InChI is InChI=1S/C7H14N4/c1-9-4-7-5-11(3-2-8)6-10-7/h5-6,9H,2-4,8H2,1H3. The summed E-state index contributed by atoms with van der Waals surface area (Å²) in [6.07, 6.45) is 3.81. The molecule has 0 aliphatic heterocycles. The lowest BCUT2D eigenvalue weighted by molar-refractivity contribution is 0.705. The Bertz CT molecular complexity index is 185. The van der Waals surface area contributed by atoms with E-state index in [2.05, 4.69) is 10.3 Å². The molecule has 62 valence electrons. The van der Waals surface area contributed by atoms with Gasteiger partial charge in [0.25, 0.3) is 0 Å². The summed E-state index contributed by atoms with van der Waals surface area (Å²) in [4.78, 5) is 4.17. The van der Waals surface area contributed by atoms with Crippen molar-refractivity contribution in [3.63, 3.8) is 0 Å². The maximum absolute atomic E-state index is 5.38. The third kappa shape index (κ3) is 2.32. The summed E-state index contributed by atoms with van der Waals surface area (Å²) >= 11 is 0. The molecule has 1 heterocycles. The Morgan fingerprint density at radius 1 is 1.73 bits per heavy atom. The van der Waals surface area contributed by atoms with Crippen LogP contribution in [-0.4, -0.2) is 23.1 Å². The second kappa shape index (κ2) is 4.10. The van der Waals surface area contributed by atoms with Crippen molar-refractivity contribution < 1.29 is 0 Å². The highest BCUT2D eigenvalue weighted by Crippen LogP contribution is 1.93. The number of rotatable bonds is 4. The predicted octanol–water partition coefficient (Wildman–Crippen LogP) is -0.439. The van der Waals surface area contributed by atoms with Gasteiger partial charge in [-0.25, -0.2) is 4.98 Å². The molecule has 0 saturated heterocycles. The van der Waals surface area contributed by atoms with Gasteiger partial charge in [-0.3, -0.25) is 0 Å². The first kappa shape index (κ1) is 8.23. The van der Waals surface area contributed by atoms with Gasteiger partial charge in [-0.1, -0.05) is 0 Å². The Labute approximate surface area is 66.4 Å². The molecule has 11 heavy (non-hydrogen) atoms. The number of imidazole rings is 1. The van der Waals surface area contributed by atoms with E-state index in [0.29, 0.717) is 6.54 Å². The van der Waals surface area contributed by atoms with Gasteiger partial charge in [0.2, 0.25) is 0 Å². The topological polar surface area (TPSA) is 55.9 Å². The third-order valence-electron chi connectivity index (χ3n) is 1.43. The zero-order chi connectivity index (χ0) is 8.10. The molecule has 0 spiro atoms. The first-order chi connectivity index (χ1) is 5.36. The lowest BCUT2D eigenvalue weighted by Crippen LogP contribution is -2.08. The minimum absolute atomic E-state index is 0.662. The van der Waals surface area contributed by atoms with Crippen molar-refractivity contribution in [3.8, 4) is 0 Å². The van der Waals surface area contributed by atoms with Crippen molar-refractivity contribution in [2.24, 2.45) is 5.73 Å². The summed E-state index contributed by atoms with van der Waals surface area (Å²) in [5, 5.41) is 3.03. The van der Waals surface area contributed by atoms with Gasteiger partial charge in [-0.05, 0) is 7.05 Å². The molecule has 0 aliphatic carbocycles. The molecule has 0 fully saturated rings. The second-order valence-corrected chi connectivity index (χ2v) is 2.42. The molecule has 3 N–H and O–H groups in total. The fraction of sp³-hybridized carbons (Fsp3) is 0.571. The first-order valence-electron chi connectivity index (χ1n) is 3.72. The molecule has 0 aromatic carbocycles. The van der Waals surface area contributed by atoms with Crippen LogP contribution in [0.2, 0.25) is 0 Å². The summed E-state index contributed by atoms with van der Waals surface area (Å²) in [5.74, 6) is 0. The number of nitrogens with one attached hydrogen (secondary N) is 1. The maximum Gasteiger partial charge on any atom is 0.0950 e. The summed E-state index contributed by atoms with van der Waals surface area (Å²) in [6.45, 7) is 2.32. The van der Waals surface area contributed by atoms with Crippen LogP contribution in [0.15, 0.2) is 12.5 Å². The van der Waals surface area contributed by atoms with Crippen LogP contribution in [-0.2, 0) is 13.1 Å². The highest BCUT2D eigenvalue weighted by Gasteiger charge is 1.94. The quantitative estimate of drug-likeness (QED) is 0.618. The number of hydrogen-bond acceptors (Lipinski definition) is 3. The molecule has 0 aliphatic rings. The zero-order valence-electron chi connectivity index (χ0n) is 6.75. The van der Waals surface area contributed by atoms with Crippen LogP contribution in [0.5, 0.6) is 0 Å². The van der Waals surface area contributed by atoms with E-state index in [4.69, 9.17) is 5.73 Å². The molecule has 4 heteroatoms. The summed E-state index contributed by atoms with van der Waals surface area (Å²) in [6, 6.07) is 0. The fourth-order valence-corrected chi connectivity index (χ4v) is 0.950. The Morgan fingerprint density at radius 2 is 2.55 bits per heavy atom. The van der Waals surface area contributed by atoms with E-state index in [1.807, 2.05) is 17.8 Å². The molecule has 1 rings (SSSR count). The van der Waals surface area contributed by atoms with Crippen LogP contribution in [0, 0.1) is 0 Å². The fourth-order valence-electron chi connectivity index (χ4n) is 0.950. The highest BCUT2D eigenvalue weighted by atomic mass is 15.0. The largest absolute Gasteiger partial charge is 0.336 e. The van der Waals surface area contributed by atoms with E-state index in [1.165, 1.54) is 0 Å². The number of nitrogens with zero attached hydrogens (tertiary/aromatic N) is 2. The molecule has 0 unspecified atom stereocenters. The molecule has 0 bridgehead atoms. The van der Waals surface area contributed by atoms with Gasteiger partial charge >= 0.3 is 0 Å². The number of aromatic nitrogens is 2. The SMILES string of the molecule is CNCc1cn(CCN)cn1. The van der Waals surface area contributed by atoms with E-state index < -0.39 is 0 Å². The molecule has 0 atom stereocenters. The lowest BCUT2D eigenvalue weighted by atomic mass is 10.5. The number of nitrogens with two attached hydrogens (primary N) is 1. The second-order valence-electron chi connectivity index (χ2n) is 2.42. The van der Waals surface area contributed by atoms with Crippen LogP contribution in [0.4, 0.5) is 0 Å². The molecule has 1 aromatic rings. The smallest absolute Gasteiger partial charge is 0.0950 e. The Morgan fingerprint density at radius 3 is 3.18 bits per heavy atom. The van der Waals surface area contributed by atoms with Crippen molar-refractivity contribution in [1.29, 1.82) is 0 Å². The van der Waals surface area contributed by atoms with Crippen LogP contribution >= 0.6 is 0 Å². The highest BCUT2D eigenvalue weighted by molar-refractivity contribution is 4.95. The Kier molecular flexibility index (Phi) is 3.07. The van der Waals surface area contributed by atoms with Crippen LogP contribution in [0.3, 0.4) is 0 Å². The average Bonchev–Trinajstić information content (AvgIpc) is 2.38. The Hall–Kier alpha value is -0.870. The average molecular weight is 154 g/mol. The van der Waals surface area contributed by atoms with Gasteiger partial charge in [0.05, 0.1) is 12.0 Å². The van der Waals surface area contributed by atoms with Crippen LogP contribution in [0.25, 0.3) is 0 Å². The molecular formula is C7H14N4. The third-order valence-corrected chi connectivity index (χ3v) is 1.43. The van der Waals surface area contributed by atoms with E-state index in [0.717, 1.165) is 18.8 Å². The number of hydrogen-bond donors (Lipinski definition) is 2. The molecule has 4 nitrogen and oxygen atoms in total. The molecular weight excluding hydrogens is 140 g/mol. The minimum Gasteiger partial charge on any atom is -0.336 e. The van der Waals surface area contributed by atoms with Crippen molar-refractivity contribution in [3.05, 3.63) is 18.2 Å². The van der Waals surface area contributed by atoms with Gasteiger partial charge in [-0.15, -0.1) is 0 Å². The molecule has 0 radical (unpaired) electrons. The monoisotopic (exact) mass is 154 g/mol. The zero-order valence-corrected chi connectivity index (χ0v) is 6.75. The van der Waals surface area contributed by atoms with Gasteiger partial charge in [0, 0.05) is 25.8 Å². The predicted molar refractivity (Wildman–Crippen MR) is 44.0 cm³/mol. The van der Waals surface area contributed by atoms with Crippen molar-refractivity contribution >= 4 is 0 Å². The van der Waals surface area contributed by atoms with Gasteiger partial charge in [0.15, 0.2) is 0 Å². The van der Waals surface area contributed by atoms with E-state index in [-0.39, 0.29) is 0 Å². The minimum atomic E-state index is 0.662. The Balaban J connectivity index is 2.51. The van der Waals surface area contributed by atoms with E-state index in [9.17, 15) is 0 Å². The maximum atomic E-state index is 5.38. The molecule has 1 aromatic heterocycles. The van der Waals surface area contributed by atoms with Crippen molar-refractivity contribution in [2.45, 2.75) is 13.1 Å². The van der Waals surface area contributed by atoms with E-state index in [1.54, 1.807) is 6.33 Å². The van der Waals surface area contributed by atoms with Gasteiger partial charge < -0.3 is 15.6 Å². The molecule has 0 amide bonds. The first-order valence-corrected chi connectivity index (χ1v) is 3.72. The van der Waals surface area contributed by atoms with Crippen molar-refractivity contribution in [2.75, 3.05) is 13.6 Å². The van der Waals surface area contributed by atoms with Crippen LogP contribution < -0.4 is 11.1 Å². The van der Waals surface area contributed by atoms with E-state index >= 15 is 0 Å². The van der Waals surface area contributed by atoms with Gasteiger partial charge in [0.1, 0.15) is 0 Å². The van der Waals surface area contributed by atoms with Crippen molar-refractivity contribution in [1.82, 2.24) is 14.9 Å². The summed E-state index contributed by atoms with van der Waals surface area (Å²) in [5.41, 5.74) is 6.44. The van der Waals surface area contributed by atoms with Gasteiger partial charge in [-0.2, -0.15) is 0 Å². The summed E-state index contributed by atoms with van der Waals surface area (Å²) < 4.78 is 1.99. The summed E-state index contributed by atoms with van der Waals surface area (Å²) in [7, 11) is 1.90. The molecule has 0 saturated carbocycles.